The van der Waals surface area contributed by atoms with Crippen molar-refractivity contribution >= 4 is 21.4 Å². The third-order valence-corrected chi connectivity index (χ3v) is 5.95. The van der Waals surface area contributed by atoms with Crippen LogP contribution in [0.1, 0.15) is 11.3 Å². The van der Waals surface area contributed by atoms with Crippen molar-refractivity contribution in [3.8, 4) is 5.69 Å². The number of benzene rings is 2. The van der Waals surface area contributed by atoms with E-state index in [1.165, 1.54) is 28.4 Å². The van der Waals surface area contributed by atoms with Gasteiger partial charge in [-0.2, -0.15) is 0 Å². The molecule has 2 aromatic carbocycles. The molecule has 0 aliphatic rings. The van der Waals surface area contributed by atoms with Gasteiger partial charge in [-0.1, -0.05) is 24.3 Å². The third kappa shape index (κ3) is 3.29. The Morgan fingerprint density at radius 3 is 2.32 bits per heavy atom. The first-order valence-electron chi connectivity index (χ1n) is 8.25. The van der Waals surface area contributed by atoms with Gasteiger partial charge >= 0.3 is 0 Å². The number of nitrogens with zero attached hydrogens (tertiary/aromatic N) is 3. The molecule has 0 fully saturated rings. The second kappa shape index (κ2) is 6.97. The Kier molecular flexibility index (Phi) is 4.82. The fourth-order valence-electron chi connectivity index (χ4n) is 2.87. The first-order chi connectivity index (χ1) is 13.1. The summed E-state index contributed by atoms with van der Waals surface area (Å²) in [6.45, 7) is 3.14. The fourth-order valence-corrected chi connectivity index (χ4v) is 4.25. The van der Waals surface area contributed by atoms with Gasteiger partial charge in [-0.15, -0.1) is 0 Å². The maximum absolute atomic E-state index is 12.9. The zero-order valence-corrected chi connectivity index (χ0v) is 16.2. The molecule has 1 N–H and O–H groups in total. The topological polar surface area (TPSA) is 116 Å². The molecule has 0 spiro atoms. The molecule has 0 atom stereocenters. The van der Waals surface area contributed by atoms with Crippen molar-refractivity contribution in [2.45, 2.75) is 18.7 Å². The number of aryl methyl sites for hydroxylation is 1. The fraction of sp³-hybridized carbons (Fsp3) is 0.167. The van der Waals surface area contributed by atoms with Gasteiger partial charge in [0.15, 0.2) is 0 Å². The first kappa shape index (κ1) is 19.4. The van der Waals surface area contributed by atoms with E-state index in [2.05, 4.69) is 4.72 Å². The molecular weight excluding hydrogens is 384 g/mol. The van der Waals surface area contributed by atoms with E-state index in [4.69, 9.17) is 0 Å². The highest BCUT2D eigenvalue weighted by molar-refractivity contribution is 7.92. The number of hydrogen-bond donors (Lipinski definition) is 1. The first-order valence-corrected chi connectivity index (χ1v) is 9.73. The number of rotatable bonds is 5. The summed E-state index contributed by atoms with van der Waals surface area (Å²) in [5, 5.41) is 11.0. The second-order valence-electron chi connectivity index (χ2n) is 6.25. The van der Waals surface area contributed by atoms with Gasteiger partial charge < -0.3 is 0 Å². The van der Waals surface area contributed by atoms with E-state index in [-0.39, 0.29) is 16.3 Å². The van der Waals surface area contributed by atoms with Crippen LogP contribution < -0.4 is 10.3 Å². The molecule has 0 aliphatic heterocycles. The van der Waals surface area contributed by atoms with Gasteiger partial charge in [-0.25, -0.2) is 13.1 Å². The molecular formula is C18H18N4O5S. The Bertz CT molecular complexity index is 1230. The van der Waals surface area contributed by atoms with Gasteiger partial charge in [0.2, 0.25) is 0 Å². The van der Waals surface area contributed by atoms with Crippen molar-refractivity contribution in [2.75, 3.05) is 4.72 Å². The molecule has 0 amide bonds. The van der Waals surface area contributed by atoms with E-state index in [0.717, 1.165) is 6.07 Å². The molecule has 9 nitrogen and oxygen atoms in total. The lowest BCUT2D eigenvalue weighted by atomic mass is 10.2. The summed E-state index contributed by atoms with van der Waals surface area (Å²) in [5.74, 6) is 0. The van der Waals surface area contributed by atoms with Gasteiger partial charge in [0.05, 0.1) is 21.2 Å². The number of hydrogen-bond acceptors (Lipinski definition) is 5. The Morgan fingerprint density at radius 2 is 1.71 bits per heavy atom. The van der Waals surface area contributed by atoms with Crippen molar-refractivity contribution in [3.05, 3.63) is 80.3 Å². The number of nitro groups is 1. The number of aromatic nitrogens is 2. The predicted molar refractivity (Wildman–Crippen MR) is 104 cm³/mol. The summed E-state index contributed by atoms with van der Waals surface area (Å²) in [6, 6.07) is 12.3. The van der Waals surface area contributed by atoms with Gasteiger partial charge in [-0.05, 0) is 31.5 Å². The molecule has 0 unspecified atom stereocenters. The summed E-state index contributed by atoms with van der Waals surface area (Å²) in [6.07, 6.45) is 0. The summed E-state index contributed by atoms with van der Waals surface area (Å²) in [5.41, 5.74) is 0.304. The Morgan fingerprint density at radius 1 is 1.07 bits per heavy atom. The van der Waals surface area contributed by atoms with Crippen molar-refractivity contribution in [1.82, 2.24) is 9.36 Å². The van der Waals surface area contributed by atoms with E-state index in [1.807, 2.05) is 0 Å². The van der Waals surface area contributed by atoms with Gasteiger partial charge in [0.25, 0.3) is 21.3 Å². The Labute approximate surface area is 161 Å². The van der Waals surface area contributed by atoms with Crippen LogP contribution in [-0.4, -0.2) is 22.7 Å². The molecule has 3 rings (SSSR count). The zero-order chi connectivity index (χ0) is 20.6. The number of nitro benzene ring substituents is 1. The molecule has 0 saturated heterocycles. The SMILES string of the molecule is Cc1ccc([N+](=O)[O-])cc1S(=O)(=O)Nc1c(C)n(C)n(-c2ccccc2)c1=O. The molecule has 28 heavy (non-hydrogen) atoms. The molecule has 1 heterocycles. The van der Waals surface area contributed by atoms with Crippen LogP contribution in [0, 0.1) is 24.0 Å². The van der Waals surface area contributed by atoms with Crippen molar-refractivity contribution < 1.29 is 13.3 Å². The molecule has 1 aromatic heterocycles. The lowest BCUT2D eigenvalue weighted by molar-refractivity contribution is -0.385. The average molecular weight is 402 g/mol. The lowest BCUT2D eigenvalue weighted by Crippen LogP contribution is -2.23. The smallest absolute Gasteiger partial charge is 0.283 e. The van der Waals surface area contributed by atoms with Crippen LogP contribution >= 0.6 is 0 Å². The number of non-ortho nitro benzene ring substituents is 1. The monoisotopic (exact) mass is 402 g/mol. The van der Waals surface area contributed by atoms with E-state index in [1.54, 1.807) is 44.3 Å². The minimum absolute atomic E-state index is 0.114. The summed E-state index contributed by atoms with van der Waals surface area (Å²) in [7, 11) is -2.57. The van der Waals surface area contributed by atoms with E-state index >= 15 is 0 Å². The highest BCUT2D eigenvalue weighted by atomic mass is 32.2. The van der Waals surface area contributed by atoms with Crippen LogP contribution in [0.3, 0.4) is 0 Å². The minimum Gasteiger partial charge on any atom is -0.283 e. The van der Waals surface area contributed by atoms with Crippen LogP contribution in [0.5, 0.6) is 0 Å². The normalized spacial score (nSPS) is 11.4. The molecule has 0 bridgehead atoms. The van der Waals surface area contributed by atoms with Gasteiger partial charge in [0, 0.05) is 19.2 Å². The van der Waals surface area contributed by atoms with Crippen molar-refractivity contribution in [3.63, 3.8) is 0 Å². The number of sulfonamides is 1. The highest BCUT2D eigenvalue weighted by Gasteiger charge is 2.25. The molecule has 0 aliphatic carbocycles. The minimum atomic E-state index is -4.21. The summed E-state index contributed by atoms with van der Waals surface area (Å²) in [4.78, 5) is 23.0. The summed E-state index contributed by atoms with van der Waals surface area (Å²) < 4.78 is 30.9. The standard InChI is InChI=1S/C18H18N4O5S/c1-12-9-10-15(22(24)25)11-16(12)28(26,27)19-17-13(2)20(3)21(18(17)23)14-7-5-4-6-8-14/h4-11,19H,1-3H3. The van der Waals surface area contributed by atoms with E-state index in [9.17, 15) is 23.3 Å². The molecule has 10 heteroatoms. The quantitative estimate of drug-likeness (QED) is 0.520. The second-order valence-corrected chi connectivity index (χ2v) is 7.90. The Balaban J connectivity index is 2.11. The Hall–Kier alpha value is -3.40. The van der Waals surface area contributed by atoms with Crippen LogP contribution in [0.4, 0.5) is 11.4 Å². The maximum atomic E-state index is 12.9. The maximum Gasteiger partial charge on any atom is 0.296 e. The van der Waals surface area contributed by atoms with Crippen LogP contribution in [0.15, 0.2) is 58.2 Å². The van der Waals surface area contributed by atoms with Crippen LogP contribution in [0.25, 0.3) is 5.69 Å². The third-order valence-electron chi connectivity index (χ3n) is 4.46. The summed E-state index contributed by atoms with van der Waals surface area (Å²) >= 11 is 0. The molecule has 0 saturated carbocycles. The lowest BCUT2D eigenvalue weighted by Gasteiger charge is -2.09. The van der Waals surface area contributed by atoms with Crippen molar-refractivity contribution in [2.24, 2.45) is 7.05 Å². The number of para-hydroxylation sites is 1. The molecule has 0 radical (unpaired) electrons. The highest BCUT2D eigenvalue weighted by Crippen LogP contribution is 2.24. The largest absolute Gasteiger partial charge is 0.296 e. The van der Waals surface area contributed by atoms with E-state index in [0.29, 0.717) is 16.9 Å². The average Bonchev–Trinajstić information content (AvgIpc) is 2.85. The van der Waals surface area contributed by atoms with Gasteiger partial charge in [-0.3, -0.25) is 24.3 Å². The van der Waals surface area contributed by atoms with Crippen molar-refractivity contribution in [1.29, 1.82) is 0 Å². The van der Waals surface area contributed by atoms with E-state index < -0.39 is 20.5 Å². The molecule has 146 valence electrons. The van der Waals surface area contributed by atoms with Gasteiger partial charge in [0.1, 0.15) is 5.69 Å². The number of nitrogens with one attached hydrogen (secondary N) is 1. The van der Waals surface area contributed by atoms with Crippen LogP contribution in [-0.2, 0) is 17.1 Å². The number of anilines is 1. The van der Waals surface area contributed by atoms with Crippen LogP contribution in [0.2, 0.25) is 0 Å². The predicted octanol–water partition coefficient (Wildman–Crippen LogP) is 2.50. The zero-order valence-electron chi connectivity index (χ0n) is 15.4. The molecule has 3 aromatic rings.